The maximum Gasteiger partial charge on any atom is 0.251 e. The van der Waals surface area contributed by atoms with E-state index in [1.54, 1.807) is 18.2 Å². The fourth-order valence-electron chi connectivity index (χ4n) is 3.95. The molecule has 0 spiro atoms. The van der Waals surface area contributed by atoms with E-state index in [9.17, 15) is 26.9 Å². The number of rotatable bonds is 10. The van der Waals surface area contributed by atoms with Crippen LogP contribution in [0.4, 0.5) is 11.5 Å². The van der Waals surface area contributed by atoms with Crippen LogP contribution >= 0.6 is 0 Å². The number of benzene rings is 1. The fourth-order valence-corrected chi connectivity index (χ4v) is 6.82. The third-order valence-corrected chi connectivity index (χ3v) is 12.1. The number of hydrogen-bond donors (Lipinski definition) is 2. The van der Waals surface area contributed by atoms with E-state index in [-0.39, 0.29) is 24.1 Å². The third-order valence-electron chi connectivity index (χ3n) is 6.86. The quantitative estimate of drug-likeness (QED) is 0.416. The second-order valence-electron chi connectivity index (χ2n) is 9.36. The van der Waals surface area contributed by atoms with Crippen LogP contribution in [0, 0.1) is 11.3 Å². The maximum absolute atomic E-state index is 12.8. The number of amides is 1. The van der Waals surface area contributed by atoms with Gasteiger partial charge in [0.15, 0.2) is 23.8 Å². The van der Waals surface area contributed by atoms with Crippen LogP contribution in [0.5, 0.6) is 0 Å². The van der Waals surface area contributed by atoms with Crippen molar-refractivity contribution in [2.24, 2.45) is 0 Å². The van der Waals surface area contributed by atoms with E-state index in [1.807, 2.05) is 12.1 Å². The van der Waals surface area contributed by atoms with Crippen LogP contribution in [-0.2, 0) is 26.2 Å². The van der Waals surface area contributed by atoms with Gasteiger partial charge in [-0.05, 0) is 37.7 Å². The van der Waals surface area contributed by atoms with Crippen molar-refractivity contribution in [3.05, 3.63) is 47.4 Å². The summed E-state index contributed by atoms with van der Waals surface area (Å²) in [5.74, 6) is -0.491. The normalized spacial score (nSPS) is 15.1. The lowest BCUT2D eigenvalue weighted by atomic mass is 10.1. The topological polar surface area (TPSA) is 165 Å². The Bertz CT molecular complexity index is 1380. The molecule has 38 heavy (non-hydrogen) atoms. The molecule has 1 amide bonds. The number of nitrogens with zero attached hydrogens (tertiary/aromatic N) is 5. The molecule has 12 nitrogen and oxygen atoms in total. The summed E-state index contributed by atoms with van der Waals surface area (Å²) in [7, 11) is -8.07. The van der Waals surface area contributed by atoms with Gasteiger partial charge in [0.1, 0.15) is 11.9 Å². The molecule has 14 heteroatoms. The van der Waals surface area contributed by atoms with Crippen molar-refractivity contribution >= 4 is 37.1 Å². The van der Waals surface area contributed by atoms with Crippen LogP contribution in [0.25, 0.3) is 0 Å². The number of anilines is 2. The average molecular weight is 564 g/mol. The van der Waals surface area contributed by atoms with Gasteiger partial charge in [-0.25, -0.2) is 26.8 Å². The Balaban J connectivity index is 1.71. The number of piperazine rings is 1. The van der Waals surface area contributed by atoms with E-state index < -0.39 is 30.3 Å². The van der Waals surface area contributed by atoms with Gasteiger partial charge in [0.25, 0.3) is 5.91 Å². The standard InChI is InChI=1S/C24H33N7O5S2/c1-5-30-10-12-31(13-11-30)20-8-6-18(7-9-20)23(32)27-16-19-15-26-21(14-25)29-22(19)28-17-24(2,37(3,33)34)38(4,35)36/h6-9,15H,5,10-13,16-17H2,1-4H3,(H,27,32)(H,26,28,29). The highest BCUT2D eigenvalue weighted by molar-refractivity contribution is 8.09. The van der Waals surface area contributed by atoms with Gasteiger partial charge in [0.2, 0.25) is 5.82 Å². The molecule has 0 bridgehead atoms. The summed E-state index contributed by atoms with van der Waals surface area (Å²) >= 11 is 0. The molecule has 1 saturated heterocycles. The number of nitrogens with one attached hydrogen (secondary N) is 2. The Labute approximate surface area is 223 Å². The van der Waals surface area contributed by atoms with Crippen LogP contribution in [0.1, 0.15) is 35.6 Å². The highest BCUT2D eigenvalue weighted by atomic mass is 32.3. The maximum atomic E-state index is 12.8. The van der Waals surface area contributed by atoms with Crippen LogP contribution in [0.2, 0.25) is 0 Å². The molecule has 0 saturated carbocycles. The zero-order chi connectivity index (χ0) is 28.1. The van der Waals surface area contributed by atoms with Crippen molar-refractivity contribution in [1.82, 2.24) is 20.2 Å². The Morgan fingerprint density at radius 2 is 1.68 bits per heavy atom. The molecule has 0 aliphatic carbocycles. The van der Waals surface area contributed by atoms with Gasteiger partial charge >= 0.3 is 0 Å². The zero-order valence-electron chi connectivity index (χ0n) is 21.9. The zero-order valence-corrected chi connectivity index (χ0v) is 23.6. The number of carbonyl (C=O) groups excluding carboxylic acids is 1. The van der Waals surface area contributed by atoms with E-state index in [0.717, 1.165) is 57.8 Å². The number of hydrogen-bond acceptors (Lipinski definition) is 11. The van der Waals surface area contributed by atoms with Crippen molar-refractivity contribution in [2.45, 2.75) is 24.5 Å². The molecule has 1 aliphatic heterocycles. The summed E-state index contributed by atoms with van der Waals surface area (Å²) in [4.78, 5) is 25.4. The Morgan fingerprint density at radius 1 is 1.08 bits per heavy atom. The molecule has 1 aliphatic rings. The third kappa shape index (κ3) is 6.58. The van der Waals surface area contributed by atoms with Gasteiger partial charge < -0.3 is 20.4 Å². The lowest BCUT2D eigenvalue weighted by Crippen LogP contribution is -2.48. The van der Waals surface area contributed by atoms with Crippen LogP contribution in [0.3, 0.4) is 0 Å². The minimum atomic E-state index is -4.03. The molecule has 0 atom stereocenters. The molecule has 1 aromatic carbocycles. The smallest absolute Gasteiger partial charge is 0.251 e. The Hall–Kier alpha value is -3.28. The SMILES string of the molecule is CCN1CCN(c2ccc(C(=O)NCc3cnc(C#N)nc3NCC(C)(S(C)(=O)=O)S(C)(=O)=O)cc2)CC1. The van der Waals surface area contributed by atoms with Crippen LogP contribution in [0.15, 0.2) is 30.5 Å². The Kier molecular flexibility index (Phi) is 8.96. The van der Waals surface area contributed by atoms with Crippen LogP contribution in [-0.4, -0.2) is 93.5 Å². The van der Waals surface area contributed by atoms with Gasteiger partial charge in [-0.3, -0.25) is 4.79 Å². The van der Waals surface area contributed by atoms with E-state index in [2.05, 4.69) is 37.3 Å². The summed E-state index contributed by atoms with van der Waals surface area (Å²) < 4.78 is 47.0. The van der Waals surface area contributed by atoms with Gasteiger partial charge in [-0.2, -0.15) is 5.26 Å². The van der Waals surface area contributed by atoms with Crippen molar-refractivity contribution in [3.8, 4) is 6.07 Å². The number of nitriles is 1. The molecule has 2 N–H and O–H groups in total. The predicted octanol–water partition coefficient (Wildman–Crippen LogP) is 0.637. The largest absolute Gasteiger partial charge is 0.369 e. The molecular weight excluding hydrogens is 530 g/mol. The number of aromatic nitrogens is 2. The van der Waals surface area contributed by atoms with Crippen molar-refractivity contribution in [3.63, 3.8) is 0 Å². The summed E-state index contributed by atoms with van der Waals surface area (Å²) in [5, 5.41) is 14.7. The van der Waals surface area contributed by atoms with E-state index >= 15 is 0 Å². The minimum Gasteiger partial charge on any atom is -0.369 e. The molecule has 2 heterocycles. The Morgan fingerprint density at radius 3 is 2.21 bits per heavy atom. The molecule has 3 rings (SSSR count). The van der Waals surface area contributed by atoms with Gasteiger partial charge in [-0.1, -0.05) is 6.92 Å². The van der Waals surface area contributed by atoms with Crippen molar-refractivity contribution in [1.29, 1.82) is 5.26 Å². The molecule has 1 fully saturated rings. The first-order valence-electron chi connectivity index (χ1n) is 12.0. The molecule has 2 aromatic rings. The highest BCUT2D eigenvalue weighted by Crippen LogP contribution is 2.25. The summed E-state index contributed by atoms with van der Waals surface area (Å²) in [5.41, 5.74) is 1.85. The van der Waals surface area contributed by atoms with Crippen LogP contribution < -0.4 is 15.5 Å². The first-order valence-corrected chi connectivity index (χ1v) is 15.8. The van der Waals surface area contributed by atoms with Crippen molar-refractivity contribution in [2.75, 3.05) is 62.0 Å². The van der Waals surface area contributed by atoms with Gasteiger partial charge in [0, 0.05) is 74.8 Å². The fraction of sp³-hybridized carbons (Fsp3) is 0.500. The number of carbonyl (C=O) groups is 1. The average Bonchev–Trinajstić information content (AvgIpc) is 2.89. The second-order valence-corrected chi connectivity index (χ2v) is 14.5. The molecule has 206 valence electrons. The van der Waals surface area contributed by atoms with Gasteiger partial charge in [-0.15, -0.1) is 0 Å². The molecule has 0 radical (unpaired) electrons. The minimum absolute atomic E-state index is 0.0396. The summed E-state index contributed by atoms with van der Waals surface area (Å²) in [6.45, 7) is 7.56. The first kappa shape index (κ1) is 29.3. The van der Waals surface area contributed by atoms with E-state index in [1.165, 1.54) is 6.20 Å². The number of sulfone groups is 2. The van der Waals surface area contributed by atoms with E-state index in [0.29, 0.717) is 11.1 Å². The van der Waals surface area contributed by atoms with Crippen molar-refractivity contribution < 1.29 is 21.6 Å². The highest BCUT2D eigenvalue weighted by Gasteiger charge is 2.46. The molecular formula is C24H33N7O5S2. The monoisotopic (exact) mass is 563 g/mol. The lowest BCUT2D eigenvalue weighted by molar-refractivity contribution is 0.0951. The number of likely N-dealkylation sites (N-methyl/N-ethyl adjacent to an activating group) is 1. The lowest BCUT2D eigenvalue weighted by Gasteiger charge is -2.35. The summed E-state index contributed by atoms with van der Waals surface area (Å²) in [6, 6.07) is 9.09. The molecule has 1 aromatic heterocycles. The van der Waals surface area contributed by atoms with Gasteiger partial charge in [0.05, 0.1) is 0 Å². The first-order chi connectivity index (χ1) is 17.8. The second kappa shape index (κ2) is 11.6. The van der Waals surface area contributed by atoms with E-state index in [4.69, 9.17) is 0 Å². The summed E-state index contributed by atoms with van der Waals surface area (Å²) in [6.07, 6.45) is 3.01. The predicted molar refractivity (Wildman–Crippen MR) is 145 cm³/mol. The molecule has 0 unspecified atom stereocenters.